The largest absolute Gasteiger partial charge is 0.356 e. The van der Waals surface area contributed by atoms with E-state index in [1.54, 1.807) is 7.05 Å². The van der Waals surface area contributed by atoms with Crippen LogP contribution < -0.4 is 10.6 Å². The molecule has 0 spiro atoms. The standard InChI is InChI=1S/C16H21F2N5.HI/c1-12-9-22-23(11-12)7-3-6-20-16(19-2)21-10-13-8-14(17)4-5-15(13)18;/h4-5,8-9,11H,3,6-7,10H2,1-2H3,(H2,19,20,21);1H. The van der Waals surface area contributed by atoms with Crippen molar-refractivity contribution in [2.45, 2.75) is 26.4 Å². The lowest BCUT2D eigenvalue weighted by molar-refractivity contribution is 0.567. The van der Waals surface area contributed by atoms with Crippen LogP contribution in [0.2, 0.25) is 0 Å². The molecule has 2 N–H and O–H groups in total. The van der Waals surface area contributed by atoms with Gasteiger partial charge in [0, 0.05) is 38.4 Å². The molecule has 1 heterocycles. The van der Waals surface area contributed by atoms with Crippen LogP contribution in [0.5, 0.6) is 0 Å². The highest BCUT2D eigenvalue weighted by molar-refractivity contribution is 14.0. The lowest BCUT2D eigenvalue weighted by atomic mass is 10.2. The zero-order chi connectivity index (χ0) is 16.7. The number of aromatic nitrogens is 2. The van der Waals surface area contributed by atoms with E-state index in [1.807, 2.05) is 24.0 Å². The third kappa shape index (κ3) is 6.42. The minimum Gasteiger partial charge on any atom is -0.356 e. The molecule has 0 atom stereocenters. The van der Waals surface area contributed by atoms with Gasteiger partial charge in [0.15, 0.2) is 5.96 Å². The van der Waals surface area contributed by atoms with E-state index in [-0.39, 0.29) is 36.1 Å². The lowest BCUT2D eigenvalue weighted by Gasteiger charge is -2.12. The molecular formula is C16H22F2IN5. The molecule has 0 radical (unpaired) electrons. The van der Waals surface area contributed by atoms with E-state index < -0.39 is 11.6 Å². The van der Waals surface area contributed by atoms with Crippen LogP contribution in [0, 0.1) is 18.6 Å². The van der Waals surface area contributed by atoms with Crippen molar-refractivity contribution in [3.8, 4) is 0 Å². The predicted molar refractivity (Wildman–Crippen MR) is 102 cm³/mol. The Morgan fingerprint density at radius 3 is 2.75 bits per heavy atom. The summed E-state index contributed by atoms with van der Waals surface area (Å²) in [7, 11) is 1.63. The Morgan fingerprint density at radius 1 is 1.29 bits per heavy atom. The highest BCUT2D eigenvalue weighted by Gasteiger charge is 2.05. The summed E-state index contributed by atoms with van der Waals surface area (Å²) < 4.78 is 28.5. The normalized spacial score (nSPS) is 11.1. The lowest BCUT2D eigenvalue weighted by Crippen LogP contribution is -2.37. The number of nitrogens with zero attached hydrogens (tertiary/aromatic N) is 3. The van der Waals surface area contributed by atoms with Crippen molar-refractivity contribution in [3.05, 3.63) is 53.4 Å². The second kappa shape index (κ2) is 10.2. The molecule has 0 aliphatic carbocycles. The van der Waals surface area contributed by atoms with E-state index in [0.717, 1.165) is 30.7 Å². The van der Waals surface area contributed by atoms with Gasteiger partial charge in [-0.1, -0.05) is 0 Å². The SMILES string of the molecule is CN=C(NCCCn1cc(C)cn1)NCc1cc(F)ccc1F.I. The zero-order valence-corrected chi connectivity index (χ0v) is 16.1. The van der Waals surface area contributed by atoms with Crippen molar-refractivity contribution in [1.29, 1.82) is 0 Å². The highest BCUT2D eigenvalue weighted by atomic mass is 127. The van der Waals surface area contributed by atoms with Crippen molar-refractivity contribution in [2.75, 3.05) is 13.6 Å². The van der Waals surface area contributed by atoms with Crippen LogP contribution >= 0.6 is 24.0 Å². The van der Waals surface area contributed by atoms with E-state index >= 15 is 0 Å². The smallest absolute Gasteiger partial charge is 0.191 e. The van der Waals surface area contributed by atoms with Crippen LogP contribution in [0.3, 0.4) is 0 Å². The van der Waals surface area contributed by atoms with Crippen molar-refractivity contribution in [2.24, 2.45) is 4.99 Å². The molecule has 2 rings (SSSR count). The number of hydrogen-bond acceptors (Lipinski definition) is 2. The number of aliphatic imine (C=N–C) groups is 1. The molecule has 24 heavy (non-hydrogen) atoms. The second-order valence-electron chi connectivity index (χ2n) is 5.22. The number of aryl methyl sites for hydroxylation is 2. The number of benzene rings is 1. The molecule has 5 nitrogen and oxygen atoms in total. The van der Waals surface area contributed by atoms with Crippen LogP contribution in [0.1, 0.15) is 17.5 Å². The van der Waals surface area contributed by atoms with Gasteiger partial charge in [-0.2, -0.15) is 5.10 Å². The Kier molecular flexibility index (Phi) is 8.66. The number of nitrogens with one attached hydrogen (secondary N) is 2. The Hall–Kier alpha value is -1.71. The first kappa shape index (κ1) is 20.3. The summed E-state index contributed by atoms with van der Waals surface area (Å²) in [4.78, 5) is 4.06. The third-order valence-electron chi connectivity index (χ3n) is 3.30. The second-order valence-corrected chi connectivity index (χ2v) is 5.22. The van der Waals surface area contributed by atoms with Crippen LogP contribution in [0.15, 0.2) is 35.6 Å². The average molecular weight is 449 g/mol. The first-order valence-corrected chi connectivity index (χ1v) is 7.46. The summed E-state index contributed by atoms with van der Waals surface area (Å²) in [6, 6.07) is 3.40. The summed E-state index contributed by atoms with van der Waals surface area (Å²) in [6.45, 7) is 3.67. The van der Waals surface area contributed by atoms with Crippen LogP contribution in [0.4, 0.5) is 8.78 Å². The van der Waals surface area contributed by atoms with Crippen LogP contribution in [-0.4, -0.2) is 29.3 Å². The van der Waals surface area contributed by atoms with E-state index in [1.165, 1.54) is 6.07 Å². The number of halogens is 3. The maximum absolute atomic E-state index is 13.5. The molecule has 0 aliphatic rings. The van der Waals surface area contributed by atoms with Crippen LogP contribution in [0.25, 0.3) is 0 Å². The maximum Gasteiger partial charge on any atom is 0.191 e. The topological polar surface area (TPSA) is 54.2 Å². The summed E-state index contributed by atoms with van der Waals surface area (Å²) in [5.41, 5.74) is 1.40. The quantitative estimate of drug-likeness (QED) is 0.309. The first-order valence-electron chi connectivity index (χ1n) is 7.46. The molecule has 0 saturated carbocycles. The molecule has 8 heteroatoms. The monoisotopic (exact) mass is 449 g/mol. The average Bonchev–Trinajstić information content (AvgIpc) is 2.95. The van der Waals surface area contributed by atoms with Gasteiger partial charge >= 0.3 is 0 Å². The van der Waals surface area contributed by atoms with Gasteiger partial charge in [0.05, 0.1) is 6.20 Å². The Morgan fingerprint density at radius 2 is 2.08 bits per heavy atom. The van der Waals surface area contributed by atoms with Gasteiger partial charge in [0.25, 0.3) is 0 Å². The molecule has 0 aliphatic heterocycles. The third-order valence-corrected chi connectivity index (χ3v) is 3.30. The van der Waals surface area contributed by atoms with Crippen molar-refractivity contribution in [1.82, 2.24) is 20.4 Å². The molecule has 1 aromatic carbocycles. The molecule has 1 aromatic heterocycles. The highest BCUT2D eigenvalue weighted by Crippen LogP contribution is 2.09. The summed E-state index contributed by atoms with van der Waals surface area (Å²) in [5, 5.41) is 10.3. The maximum atomic E-state index is 13.5. The summed E-state index contributed by atoms with van der Waals surface area (Å²) in [5.74, 6) is -0.352. The Bertz CT molecular complexity index is 672. The number of rotatable bonds is 6. The minimum absolute atomic E-state index is 0. The summed E-state index contributed by atoms with van der Waals surface area (Å²) >= 11 is 0. The van der Waals surface area contributed by atoms with Gasteiger partial charge in [-0.3, -0.25) is 9.67 Å². The Labute approximate surface area is 157 Å². The molecule has 0 saturated heterocycles. The van der Waals surface area contributed by atoms with Gasteiger partial charge in [-0.25, -0.2) is 8.78 Å². The Balaban J connectivity index is 0.00000288. The fraction of sp³-hybridized carbons (Fsp3) is 0.375. The minimum atomic E-state index is -0.458. The molecule has 132 valence electrons. The number of hydrogen-bond donors (Lipinski definition) is 2. The first-order chi connectivity index (χ1) is 11.1. The summed E-state index contributed by atoms with van der Waals surface area (Å²) in [6.07, 6.45) is 4.68. The molecule has 0 unspecified atom stereocenters. The van der Waals surface area contributed by atoms with Crippen molar-refractivity contribution >= 4 is 29.9 Å². The van der Waals surface area contributed by atoms with E-state index in [9.17, 15) is 8.78 Å². The van der Waals surface area contributed by atoms with E-state index in [0.29, 0.717) is 12.5 Å². The predicted octanol–water partition coefficient (Wildman–Crippen LogP) is 2.84. The van der Waals surface area contributed by atoms with Crippen molar-refractivity contribution < 1.29 is 8.78 Å². The van der Waals surface area contributed by atoms with Gasteiger partial charge in [-0.15, -0.1) is 24.0 Å². The molecular weight excluding hydrogens is 427 g/mol. The van der Waals surface area contributed by atoms with Gasteiger partial charge in [-0.05, 0) is 37.1 Å². The molecule has 0 bridgehead atoms. The van der Waals surface area contributed by atoms with E-state index in [2.05, 4.69) is 20.7 Å². The fourth-order valence-corrected chi connectivity index (χ4v) is 2.12. The zero-order valence-electron chi connectivity index (χ0n) is 13.7. The molecule has 2 aromatic rings. The van der Waals surface area contributed by atoms with Gasteiger partial charge < -0.3 is 10.6 Å². The molecule has 0 amide bonds. The molecule has 0 fully saturated rings. The number of guanidine groups is 1. The fourth-order valence-electron chi connectivity index (χ4n) is 2.12. The van der Waals surface area contributed by atoms with Gasteiger partial charge in [0.1, 0.15) is 11.6 Å². The van der Waals surface area contributed by atoms with Crippen molar-refractivity contribution in [3.63, 3.8) is 0 Å². The van der Waals surface area contributed by atoms with Gasteiger partial charge in [0.2, 0.25) is 0 Å². The van der Waals surface area contributed by atoms with E-state index in [4.69, 9.17) is 0 Å². The van der Waals surface area contributed by atoms with Crippen LogP contribution in [-0.2, 0) is 13.1 Å².